The molecule has 0 saturated heterocycles. The zero-order valence-corrected chi connectivity index (χ0v) is 15.3. The Labute approximate surface area is 143 Å². The SMILES string of the molecule is CCC(CC)n1ncc(C(=O)N=S(C)(=O)c2ccc(N)cc2)c1C. The number of nitrogens with two attached hydrogens (primary N) is 1. The van der Waals surface area contributed by atoms with Crippen LogP contribution in [0.15, 0.2) is 39.7 Å². The van der Waals surface area contributed by atoms with Crippen LogP contribution in [0.1, 0.15) is 48.8 Å². The summed E-state index contributed by atoms with van der Waals surface area (Å²) in [4.78, 5) is 13.0. The molecule has 0 fully saturated rings. The molecule has 2 N–H and O–H groups in total. The molecule has 0 saturated carbocycles. The topological polar surface area (TPSA) is 90.3 Å². The van der Waals surface area contributed by atoms with E-state index in [9.17, 15) is 9.00 Å². The Bertz CT molecular complexity index is 842. The number of carbonyl (C=O) groups is 1. The van der Waals surface area contributed by atoms with Gasteiger partial charge in [0.2, 0.25) is 0 Å². The molecule has 6 nitrogen and oxygen atoms in total. The van der Waals surface area contributed by atoms with Crippen LogP contribution in [0.25, 0.3) is 0 Å². The van der Waals surface area contributed by atoms with Gasteiger partial charge >= 0.3 is 0 Å². The van der Waals surface area contributed by atoms with Crippen molar-refractivity contribution in [3.8, 4) is 0 Å². The van der Waals surface area contributed by atoms with Crippen molar-refractivity contribution >= 4 is 21.3 Å². The van der Waals surface area contributed by atoms with E-state index >= 15 is 0 Å². The van der Waals surface area contributed by atoms with Gasteiger partial charge in [0.05, 0.1) is 27.5 Å². The molecule has 0 aliphatic heterocycles. The van der Waals surface area contributed by atoms with Crippen LogP contribution in [0.5, 0.6) is 0 Å². The van der Waals surface area contributed by atoms with Crippen molar-refractivity contribution in [1.82, 2.24) is 9.78 Å². The van der Waals surface area contributed by atoms with Crippen LogP contribution >= 0.6 is 0 Å². The Morgan fingerprint density at radius 2 is 1.88 bits per heavy atom. The number of aromatic nitrogens is 2. The summed E-state index contributed by atoms with van der Waals surface area (Å²) in [7, 11) is -2.83. The number of benzene rings is 1. The van der Waals surface area contributed by atoms with Crippen LogP contribution in [0.2, 0.25) is 0 Å². The minimum absolute atomic E-state index is 0.245. The molecule has 0 aliphatic carbocycles. The third-order valence-corrected chi connectivity index (χ3v) is 5.80. The number of hydrogen-bond acceptors (Lipinski definition) is 4. The van der Waals surface area contributed by atoms with Crippen molar-refractivity contribution in [3.63, 3.8) is 0 Å². The summed E-state index contributed by atoms with van der Waals surface area (Å²) >= 11 is 0. The first-order valence-corrected chi connectivity index (χ1v) is 9.88. The quantitative estimate of drug-likeness (QED) is 0.838. The average Bonchev–Trinajstić information content (AvgIpc) is 2.91. The fourth-order valence-corrected chi connectivity index (χ4v) is 3.78. The average molecular weight is 348 g/mol. The number of anilines is 1. The Hall–Kier alpha value is -2.15. The number of rotatable bonds is 5. The molecule has 0 bridgehead atoms. The van der Waals surface area contributed by atoms with Gasteiger partial charge in [0.1, 0.15) is 0 Å². The van der Waals surface area contributed by atoms with Crippen LogP contribution in [-0.4, -0.2) is 26.2 Å². The van der Waals surface area contributed by atoms with Gasteiger partial charge in [-0.05, 0) is 44.0 Å². The molecule has 130 valence electrons. The minimum atomic E-state index is -2.83. The number of carbonyl (C=O) groups excluding carboxylic acids is 1. The zero-order valence-electron chi connectivity index (χ0n) is 14.5. The third kappa shape index (κ3) is 3.67. The summed E-state index contributed by atoms with van der Waals surface area (Å²) in [6.45, 7) is 6.01. The monoisotopic (exact) mass is 348 g/mol. The van der Waals surface area contributed by atoms with Gasteiger partial charge in [-0.25, -0.2) is 4.21 Å². The van der Waals surface area contributed by atoms with E-state index < -0.39 is 15.6 Å². The van der Waals surface area contributed by atoms with Crippen molar-refractivity contribution in [2.75, 3.05) is 12.0 Å². The Kier molecular flexibility index (Phi) is 5.43. The Morgan fingerprint density at radius 3 is 2.42 bits per heavy atom. The molecule has 0 aliphatic rings. The lowest BCUT2D eigenvalue weighted by atomic mass is 10.1. The highest BCUT2D eigenvalue weighted by Gasteiger charge is 2.19. The molecule has 1 amide bonds. The highest BCUT2D eigenvalue weighted by molar-refractivity contribution is 7.93. The Morgan fingerprint density at radius 1 is 1.29 bits per heavy atom. The lowest BCUT2D eigenvalue weighted by Crippen LogP contribution is -2.11. The smallest absolute Gasteiger partial charge is 0.288 e. The van der Waals surface area contributed by atoms with Gasteiger partial charge in [0, 0.05) is 22.5 Å². The highest BCUT2D eigenvalue weighted by Crippen LogP contribution is 2.21. The molecule has 1 atom stereocenters. The molecule has 1 heterocycles. The Balaban J connectivity index is 2.39. The first kappa shape index (κ1) is 18.2. The first-order chi connectivity index (χ1) is 11.3. The summed E-state index contributed by atoms with van der Waals surface area (Å²) < 4.78 is 18.6. The lowest BCUT2D eigenvalue weighted by molar-refractivity contribution is 0.100. The standard InChI is InChI=1S/C17H24N4O2S/c1-5-14(6-2)21-12(3)16(11-19-21)17(22)20-24(4,23)15-9-7-13(18)8-10-15/h7-11,14H,5-6,18H2,1-4H3. The van der Waals surface area contributed by atoms with E-state index in [1.54, 1.807) is 24.3 Å². The van der Waals surface area contributed by atoms with E-state index in [1.807, 2.05) is 11.6 Å². The largest absolute Gasteiger partial charge is 0.399 e. The third-order valence-electron chi connectivity index (χ3n) is 4.14. The predicted octanol–water partition coefficient (Wildman–Crippen LogP) is 3.43. The van der Waals surface area contributed by atoms with Gasteiger partial charge in [-0.1, -0.05) is 13.8 Å². The highest BCUT2D eigenvalue weighted by atomic mass is 32.2. The van der Waals surface area contributed by atoms with E-state index in [1.165, 1.54) is 12.5 Å². The van der Waals surface area contributed by atoms with Crippen molar-refractivity contribution in [2.45, 2.75) is 44.6 Å². The molecule has 1 aromatic carbocycles. The summed E-state index contributed by atoms with van der Waals surface area (Å²) in [5.41, 5.74) is 7.36. The maximum Gasteiger partial charge on any atom is 0.288 e. The summed E-state index contributed by atoms with van der Waals surface area (Å²) in [5.74, 6) is -0.506. The van der Waals surface area contributed by atoms with Crippen molar-refractivity contribution in [1.29, 1.82) is 0 Å². The first-order valence-electron chi connectivity index (χ1n) is 7.96. The molecule has 0 spiro atoms. The van der Waals surface area contributed by atoms with Gasteiger partial charge in [-0.3, -0.25) is 9.48 Å². The minimum Gasteiger partial charge on any atom is -0.399 e. The lowest BCUT2D eigenvalue weighted by Gasteiger charge is -2.15. The number of hydrogen-bond donors (Lipinski definition) is 1. The zero-order chi connectivity index (χ0) is 17.9. The molecular weight excluding hydrogens is 324 g/mol. The molecule has 7 heteroatoms. The summed E-state index contributed by atoms with van der Waals surface area (Å²) in [5, 5.41) is 4.32. The van der Waals surface area contributed by atoms with E-state index in [-0.39, 0.29) is 6.04 Å². The van der Waals surface area contributed by atoms with Gasteiger partial charge in [0.15, 0.2) is 0 Å². The van der Waals surface area contributed by atoms with Crippen LogP contribution in [-0.2, 0) is 9.73 Å². The van der Waals surface area contributed by atoms with Crippen LogP contribution in [0.4, 0.5) is 5.69 Å². The van der Waals surface area contributed by atoms with Crippen LogP contribution < -0.4 is 5.73 Å². The molecule has 24 heavy (non-hydrogen) atoms. The van der Waals surface area contributed by atoms with E-state index in [2.05, 4.69) is 23.3 Å². The molecule has 2 rings (SSSR count). The van der Waals surface area contributed by atoms with E-state index in [4.69, 9.17) is 5.73 Å². The molecule has 2 aromatic rings. The fourth-order valence-electron chi connectivity index (χ4n) is 2.62. The molecular formula is C17H24N4O2S. The maximum absolute atomic E-state index is 12.8. The molecule has 1 unspecified atom stereocenters. The van der Waals surface area contributed by atoms with E-state index in [0.29, 0.717) is 16.1 Å². The number of nitrogens with zero attached hydrogens (tertiary/aromatic N) is 3. The second kappa shape index (κ2) is 7.17. The van der Waals surface area contributed by atoms with Gasteiger partial charge < -0.3 is 5.73 Å². The predicted molar refractivity (Wildman–Crippen MR) is 96.5 cm³/mol. The fraction of sp³-hybridized carbons (Fsp3) is 0.412. The molecule has 0 radical (unpaired) electrons. The van der Waals surface area contributed by atoms with Crippen molar-refractivity contribution in [3.05, 3.63) is 41.7 Å². The van der Waals surface area contributed by atoms with Gasteiger partial charge in [-0.2, -0.15) is 9.46 Å². The molecule has 1 aromatic heterocycles. The number of nitrogen functional groups attached to an aromatic ring is 1. The second-order valence-electron chi connectivity index (χ2n) is 5.83. The summed E-state index contributed by atoms with van der Waals surface area (Å²) in [6.07, 6.45) is 4.83. The summed E-state index contributed by atoms with van der Waals surface area (Å²) in [6, 6.07) is 6.81. The van der Waals surface area contributed by atoms with Crippen molar-refractivity contribution in [2.24, 2.45) is 4.36 Å². The van der Waals surface area contributed by atoms with Crippen LogP contribution in [0, 0.1) is 6.92 Å². The van der Waals surface area contributed by atoms with Crippen molar-refractivity contribution < 1.29 is 9.00 Å². The van der Waals surface area contributed by atoms with E-state index in [0.717, 1.165) is 18.5 Å². The maximum atomic E-state index is 12.8. The van der Waals surface area contributed by atoms with Crippen LogP contribution in [0.3, 0.4) is 0 Å². The number of amides is 1. The van der Waals surface area contributed by atoms with Gasteiger partial charge in [0.25, 0.3) is 5.91 Å². The normalized spacial score (nSPS) is 13.7. The second-order valence-corrected chi connectivity index (χ2v) is 8.09. The van der Waals surface area contributed by atoms with Gasteiger partial charge in [-0.15, -0.1) is 0 Å².